The summed E-state index contributed by atoms with van der Waals surface area (Å²) >= 11 is 19.8. The normalized spacial score (nSPS) is 15.1. The highest BCUT2D eigenvalue weighted by molar-refractivity contribution is 7.22. The molecule has 0 spiro atoms. The molecule has 0 bridgehead atoms. The Morgan fingerprint density at radius 3 is 2.73 bits per heavy atom. The molecule has 176 valence electrons. The van der Waals surface area contributed by atoms with Gasteiger partial charge in [-0.2, -0.15) is 0 Å². The number of nitrogens with one attached hydrogen (secondary N) is 2. The first-order valence-electron chi connectivity index (χ1n) is 10.5. The van der Waals surface area contributed by atoms with Crippen molar-refractivity contribution in [2.45, 2.75) is 25.9 Å². The summed E-state index contributed by atoms with van der Waals surface area (Å²) in [7, 11) is 0. The number of hydrogen-bond acceptors (Lipinski definition) is 5. The SMILES string of the molecule is CC(Oc1cc2sc(NC(=O)NCCN3CCCC3)nc2cc1F)c1c(Cl)ccc(Cl)c1Cl. The molecule has 2 N–H and O–H groups in total. The number of benzene rings is 2. The molecule has 33 heavy (non-hydrogen) atoms. The van der Waals surface area contributed by atoms with Gasteiger partial charge in [-0.1, -0.05) is 46.1 Å². The monoisotopic (exact) mass is 530 g/mol. The second kappa shape index (κ2) is 10.6. The molecule has 0 radical (unpaired) electrons. The quantitative estimate of drug-likeness (QED) is 0.331. The average molecular weight is 532 g/mol. The number of rotatable bonds is 7. The smallest absolute Gasteiger partial charge is 0.321 e. The van der Waals surface area contributed by atoms with Crippen molar-refractivity contribution in [2.75, 3.05) is 31.5 Å². The highest BCUT2D eigenvalue weighted by Gasteiger charge is 2.20. The van der Waals surface area contributed by atoms with Crippen molar-refractivity contribution < 1.29 is 13.9 Å². The third kappa shape index (κ3) is 5.81. The largest absolute Gasteiger partial charge is 0.483 e. The highest BCUT2D eigenvalue weighted by atomic mass is 35.5. The van der Waals surface area contributed by atoms with Crippen molar-refractivity contribution in [3.63, 3.8) is 0 Å². The summed E-state index contributed by atoms with van der Waals surface area (Å²) in [5.41, 5.74) is 0.895. The maximum atomic E-state index is 14.7. The molecule has 1 fully saturated rings. The van der Waals surface area contributed by atoms with Crippen molar-refractivity contribution in [2.24, 2.45) is 0 Å². The number of carbonyl (C=O) groups excluding carboxylic acids is 1. The second-order valence-electron chi connectivity index (χ2n) is 7.72. The van der Waals surface area contributed by atoms with E-state index in [-0.39, 0.29) is 16.8 Å². The highest BCUT2D eigenvalue weighted by Crippen LogP contribution is 2.39. The number of thiazole rings is 1. The molecule has 1 saturated heterocycles. The first kappa shape index (κ1) is 24.3. The van der Waals surface area contributed by atoms with E-state index in [0.29, 0.717) is 37.5 Å². The van der Waals surface area contributed by atoms with Crippen molar-refractivity contribution in [3.05, 3.63) is 50.7 Å². The van der Waals surface area contributed by atoms with Gasteiger partial charge in [0.25, 0.3) is 0 Å². The second-order valence-corrected chi connectivity index (χ2v) is 9.94. The van der Waals surface area contributed by atoms with Crippen LogP contribution in [0.5, 0.6) is 5.75 Å². The fraction of sp³-hybridized carbons (Fsp3) is 0.364. The van der Waals surface area contributed by atoms with E-state index in [4.69, 9.17) is 39.5 Å². The first-order valence-corrected chi connectivity index (χ1v) is 12.4. The van der Waals surface area contributed by atoms with E-state index < -0.39 is 11.9 Å². The molecule has 3 aromatic rings. The van der Waals surface area contributed by atoms with E-state index in [1.54, 1.807) is 25.1 Å². The van der Waals surface area contributed by atoms with Gasteiger partial charge in [0.05, 0.1) is 20.3 Å². The van der Waals surface area contributed by atoms with Gasteiger partial charge in [-0.25, -0.2) is 14.2 Å². The molecule has 11 heteroatoms. The Balaban J connectivity index is 1.43. The third-order valence-corrected chi connectivity index (χ3v) is 7.45. The van der Waals surface area contributed by atoms with E-state index in [1.165, 1.54) is 30.2 Å². The van der Waals surface area contributed by atoms with E-state index >= 15 is 0 Å². The lowest BCUT2D eigenvalue weighted by Crippen LogP contribution is -2.35. The lowest BCUT2D eigenvalue weighted by atomic mass is 10.1. The number of nitrogens with zero attached hydrogens (tertiary/aromatic N) is 2. The zero-order valence-corrected chi connectivity index (χ0v) is 20.8. The lowest BCUT2D eigenvalue weighted by Gasteiger charge is -2.18. The first-order chi connectivity index (χ1) is 15.8. The maximum Gasteiger partial charge on any atom is 0.321 e. The number of fused-ring (bicyclic) bond motifs is 1. The molecular weight excluding hydrogens is 510 g/mol. The van der Waals surface area contributed by atoms with Crippen LogP contribution in [-0.2, 0) is 0 Å². The molecule has 0 saturated carbocycles. The molecule has 1 aliphatic rings. The van der Waals surface area contributed by atoms with Gasteiger partial charge in [0.15, 0.2) is 16.7 Å². The number of likely N-dealkylation sites (tertiary alicyclic amines) is 1. The van der Waals surface area contributed by atoms with Crippen LogP contribution in [0, 0.1) is 5.82 Å². The summed E-state index contributed by atoms with van der Waals surface area (Å²) in [5, 5.41) is 6.87. The van der Waals surface area contributed by atoms with Crippen LogP contribution in [0.2, 0.25) is 15.1 Å². The Hall–Kier alpha value is -1.84. The van der Waals surface area contributed by atoms with Gasteiger partial charge in [0, 0.05) is 35.8 Å². The summed E-state index contributed by atoms with van der Waals surface area (Å²) in [6, 6.07) is 5.67. The average Bonchev–Trinajstić information content (AvgIpc) is 3.40. The Morgan fingerprint density at radius 2 is 1.97 bits per heavy atom. The fourth-order valence-electron chi connectivity index (χ4n) is 3.71. The predicted octanol–water partition coefficient (Wildman–Crippen LogP) is 6.75. The zero-order valence-electron chi connectivity index (χ0n) is 17.8. The zero-order chi connectivity index (χ0) is 23.5. The number of aromatic nitrogens is 1. The molecule has 1 aromatic heterocycles. The number of amides is 2. The molecule has 1 aliphatic heterocycles. The molecule has 6 nitrogen and oxygen atoms in total. The predicted molar refractivity (Wildman–Crippen MR) is 133 cm³/mol. The van der Waals surface area contributed by atoms with Gasteiger partial charge in [0.1, 0.15) is 6.10 Å². The van der Waals surface area contributed by atoms with Crippen molar-refractivity contribution >= 4 is 67.5 Å². The van der Waals surface area contributed by atoms with Crippen molar-refractivity contribution in [1.29, 1.82) is 0 Å². The lowest BCUT2D eigenvalue weighted by molar-refractivity contribution is 0.217. The van der Waals surface area contributed by atoms with Crippen molar-refractivity contribution in [3.8, 4) is 5.75 Å². The van der Waals surface area contributed by atoms with Gasteiger partial charge in [-0.15, -0.1) is 0 Å². The number of urea groups is 1. The summed E-state index contributed by atoms with van der Waals surface area (Å²) in [4.78, 5) is 18.8. The number of hydrogen-bond donors (Lipinski definition) is 2. The van der Waals surface area contributed by atoms with Crippen LogP contribution < -0.4 is 15.4 Å². The Bertz CT molecular complexity index is 1170. The van der Waals surface area contributed by atoms with Crippen LogP contribution in [0.15, 0.2) is 24.3 Å². The minimum Gasteiger partial charge on any atom is -0.483 e. The maximum absolute atomic E-state index is 14.7. The van der Waals surface area contributed by atoms with Crippen LogP contribution in [0.25, 0.3) is 10.2 Å². The van der Waals surface area contributed by atoms with Gasteiger partial charge < -0.3 is 15.0 Å². The standard InChI is InChI=1S/C22H22Cl3FN4O2S/c1-12(19-13(23)4-5-14(24)20(19)25)32-17-11-18-16(10-15(17)26)28-22(33-18)29-21(31)27-6-9-30-7-2-3-8-30/h4-5,10-12H,2-3,6-9H2,1H3,(H2,27,28,29,31). The van der Waals surface area contributed by atoms with Crippen molar-refractivity contribution in [1.82, 2.24) is 15.2 Å². The van der Waals surface area contributed by atoms with Crippen LogP contribution in [0.3, 0.4) is 0 Å². The van der Waals surface area contributed by atoms with Gasteiger partial charge in [-0.3, -0.25) is 5.32 Å². The van der Waals surface area contributed by atoms with Gasteiger partial charge >= 0.3 is 6.03 Å². The minimum atomic E-state index is -0.650. The fourth-order valence-corrected chi connectivity index (χ4v) is 5.43. The van der Waals surface area contributed by atoms with E-state index in [1.807, 2.05) is 0 Å². The van der Waals surface area contributed by atoms with Crippen LogP contribution in [0.4, 0.5) is 14.3 Å². The third-order valence-electron chi connectivity index (χ3n) is 5.36. The topological polar surface area (TPSA) is 66.5 Å². The molecule has 2 amide bonds. The Labute approximate surface area is 210 Å². The number of halogens is 4. The minimum absolute atomic E-state index is 0.0207. The molecule has 2 aromatic carbocycles. The number of anilines is 1. The van der Waals surface area contributed by atoms with Gasteiger partial charge in [0.2, 0.25) is 0 Å². The summed E-state index contributed by atoms with van der Waals surface area (Å²) in [6.45, 7) is 5.23. The van der Waals surface area contributed by atoms with Crippen LogP contribution in [0.1, 0.15) is 31.4 Å². The Morgan fingerprint density at radius 1 is 1.24 bits per heavy atom. The molecule has 1 atom stereocenters. The molecule has 4 rings (SSSR count). The molecule has 2 heterocycles. The summed E-state index contributed by atoms with van der Waals surface area (Å²) < 4.78 is 21.2. The van der Waals surface area contributed by atoms with Gasteiger partial charge in [-0.05, 0) is 45.0 Å². The number of carbonyl (C=O) groups is 1. The molecule has 1 unspecified atom stereocenters. The Kier molecular flexibility index (Phi) is 7.81. The van der Waals surface area contributed by atoms with Crippen LogP contribution >= 0.6 is 46.1 Å². The summed E-state index contributed by atoms with van der Waals surface area (Å²) in [5.74, 6) is -0.567. The molecular formula is C22H22Cl3FN4O2S. The van der Waals surface area contributed by atoms with E-state index in [9.17, 15) is 9.18 Å². The summed E-state index contributed by atoms with van der Waals surface area (Å²) in [6.07, 6.45) is 1.76. The van der Waals surface area contributed by atoms with Crippen LogP contribution in [-0.4, -0.2) is 42.1 Å². The van der Waals surface area contributed by atoms with E-state index in [0.717, 1.165) is 19.6 Å². The number of ether oxygens (including phenoxy) is 1. The molecule has 0 aliphatic carbocycles. The van der Waals surface area contributed by atoms with E-state index in [2.05, 4.69) is 20.5 Å².